The van der Waals surface area contributed by atoms with Crippen molar-refractivity contribution in [1.29, 1.82) is 0 Å². The molecule has 26 heavy (non-hydrogen) atoms. The van der Waals surface area contributed by atoms with Crippen LogP contribution in [0.25, 0.3) is 10.9 Å². The zero-order valence-electron chi connectivity index (χ0n) is 15.5. The van der Waals surface area contributed by atoms with E-state index in [9.17, 15) is 4.79 Å². The molecule has 0 bridgehead atoms. The molecule has 4 nitrogen and oxygen atoms in total. The molecule has 0 aliphatic rings. The summed E-state index contributed by atoms with van der Waals surface area (Å²) in [7, 11) is 1.56. The zero-order chi connectivity index (χ0) is 18.8. The molecule has 2 aromatic carbocycles. The molecule has 0 fully saturated rings. The highest BCUT2D eigenvalue weighted by Gasteiger charge is 2.20. The van der Waals surface area contributed by atoms with Gasteiger partial charge in [0.15, 0.2) is 0 Å². The Balaban J connectivity index is 2.02. The van der Waals surface area contributed by atoms with Gasteiger partial charge in [0.2, 0.25) is 0 Å². The van der Waals surface area contributed by atoms with Crippen LogP contribution in [0, 0.1) is 6.92 Å². The summed E-state index contributed by atoms with van der Waals surface area (Å²) in [6, 6.07) is 11.6. The quantitative estimate of drug-likeness (QED) is 0.649. The number of anilines is 1. The Hall–Kier alpha value is -2.46. The summed E-state index contributed by atoms with van der Waals surface area (Å²) in [5, 5.41) is 4.55. The third-order valence-corrected chi connectivity index (χ3v) is 5.03. The third-order valence-electron chi connectivity index (χ3n) is 4.73. The van der Waals surface area contributed by atoms with Gasteiger partial charge < -0.3 is 14.6 Å². The Kier molecular flexibility index (Phi) is 5.23. The standard InChI is InChI=1S/C21H23ClN2O2/c1-5-14-7-9-18-16(11-14)13(3)20(24(18)6-2)21(25)23-15-8-10-19(26-4)17(22)12-15/h7-12H,5-6H2,1-4H3,(H,23,25). The number of aryl methyl sites for hydroxylation is 3. The fourth-order valence-corrected chi connectivity index (χ4v) is 3.60. The molecular weight excluding hydrogens is 348 g/mol. The summed E-state index contributed by atoms with van der Waals surface area (Å²) in [5.41, 5.74) is 4.67. The monoisotopic (exact) mass is 370 g/mol. The Bertz CT molecular complexity index is 976. The third kappa shape index (κ3) is 3.17. The second kappa shape index (κ2) is 7.42. The van der Waals surface area contributed by atoms with Crippen LogP contribution in [-0.4, -0.2) is 17.6 Å². The van der Waals surface area contributed by atoms with Crippen LogP contribution in [0.4, 0.5) is 5.69 Å². The maximum atomic E-state index is 13.0. The normalized spacial score (nSPS) is 11.0. The number of carbonyl (C=O) groups is 1. The first kappa shape index (κ1) is 18.3. The van der Waals surface area contributed by atoms with Gasteiger partial charge in [-0.05, 0) is 61.7 Å². The first-order valence-corrected chi connectivity index (χ1v) is 9.14. The van der Waals surface area contributed by atoms with E-state index in [-0.39, 0.29) is 5.91 Å². The van der Waals surface area contributed by atoms with Crippen LogP contribution >= 0.6 is 11.6 Å². The van der Waals surface area contributed by atoms with Crippen molar-refractivity contribution in [2.45, 2.75) is 33.7 Å². The average Bonchev–Trinajstić information content (AvgIpc) is 2.93. The number of methoxy groups -OCH3 is 1. The van der Waals surface area contributed by atoms with Crippen molar-refractivity contribution < 1.29 is 9.53 Å². The fraction of sp³-hybridized carbons (Fsp3) is 0.286. The molecule has 136 valence electrons. The zero-order valence-corrected chi connectivity index (χ0v) is 16.3. The molecule has 3 rings (SSSR count). The van der Waals surface area contributed by atoms with Crippen LogP contribution in [0.1, 0.15) is 35.5 Å². The molecule has 0 aliphatic carbocycles. The number of aromatic nitrogens is 1. The topological polar surface area (TPSA) is 43.3 Å². The molecular formula is C21H23ClN2O2. The minimum atomic E-state index is -0.139. The Morgan fingerprint density at radius 3 is 2.58 bits per heavy atom. The Morgan fingerprint density at radius 2 is 1.96 bits per heavy atom. The number of benzene rings is 2. The van der Waals surface area contributed by atoms with Gasteiger partial charge in [0.25, 0.3) is 5.91 Å². The van der Waals surface area contributed by atoms with Crippen molar-refractivity contribution in [2.24, 2.45) is 0 Å². The molecule has 1 amide bonds. The second-order valence-electron chi connectivity index (χ2n) is 6.23. The van der Waals surface area contributed by atoms with E-state index in [2.05, 4.69) is 35.0 Å². The van der Waals surface area contributed by atoms with E-state index >= 15 is 0 Å². The summed E-state index contributed by atoms with van der Waals surface area (Å²) in [6.45, 7) is 6.91. The summed E-state index contributed by atoms with van der Waals surface area (Å²) >= 11 is 6.16. The summed E-state index contributed by atoms with van der Waals surface area (Å²) in [4.78, 5) is 13.0. The lowest BCUT2D eigenvalue weighted by atomic mass is 10.1. The van der Waals surface area contributed by atoms with Crippen LogP contribution in [0.15, 0.2) is 36.4 Å². The smallest absolute Gasteiger partial charge is 0.272 e. The van der Waals surface area contributed by atoms with Gasteiger partial charge in [-0.25, -0.2) is 0 Å². The highest BCUT2D eigenvalue weighted by Crippen LogP contribution is 2.30. The number of rotatable bonds is 5. The first-order valence-electron chi connectivity index (χ1n) is 8.76. The van der Waals surface area contributed by atoms with Crippen LogP contribution in [0.3, 0.4) is 0 Å². The van der Waals surface area contributed by atoms with Crippen molar-refractivity contribution in [3.8, 4) is 5.75 Å². The van der Waals surface area contributed by atoms with Crippen LogP contribution in [-0.2, 0) is 13.0 Å². The van der Waals surface area contributed by atoms with Crippen molar-refractivity contribution in [1.82, 2.24) is 4.57 Å². The second-order valence-corrected chi connectivity index (χ2v) is 6.63. The maximum absolute atomic E-state index is 13.0. The highest BCUT2D eigenvalue weighted by atomic mass is 35.5. The largest absolute Gasteiger partial charge is 0.495 e. The van der Waals surface area contributed by atoms with E-state index in [0.717, 1.165) is 29.4 Å². The molecule has 0 atom stereocenters. The number of halogens is 1. The van der Waals surface area contributed by atoms with Crippen molar-refractivity contribution in [3.63, 3.8) is 0 Å². The van der Waals surface area contributed by atoms with E-state index < -0.39 is 0 Å². The van der Waals surface area contributed by atoms with Crippen molar-refractivity contribution in [3.05, 3.63) is 58.2 Å². The molecule has 0 aliphatic heterocycles. The number of hydrogen-bond acceptors (Lipinski definition) is 2. The number of carbonyl (C=O) groups excluding carboxylic acids is 1. The van der Waals surface area contributed by atoms with E-state index in [0.29, 0.717) is 22.2 Å². The number of amides is 1. The summed E-state index contributed by atoms with van der Waals surface area (Å²) in [6.07, 6.45) is 0.971. The maximum Gasteiger partial charge on any atom is 0.272 e. The van der Waals surface area contributed by atoms with Gasteiger partial charge in [-0.1, -0.05) is 24.6 Å². The van der Waals surface area contributed by atoms with E-state index in [1.807, 2.05) is 13.8 Å². The number of nitrogens with zero attached hydrogens (tertiary/aromatic N) is 1. The number of hydrogen-bond donors (Lipinski definition) is 1. The van der Waals surface area contributed by atoms with E-state index in [4.69, 9.17) is 16.3 Å². The molecule has 1 aromatic heterocycles. The summed E-state index contributed by atoms with van der Waals surface area (Å²) in [5.74, 6) is 0.440. The van der Waals surface area contributed by atoms with Gasteiger partial charge in [0.1, 0.15) is 11.4 Å². The minimum absolute atomic E-state index is 0.139. The Labute approximate surface area is 158 Å². The molecule has 0 radical (unpaired) electrons. The van der Waals surface area contributed by atoms with Gasteiger partial charge >= 0.3 is 0 Å². The Morgan fingerprint density at radius 1 is 1.19 bits per heavy atom. The van der Waals surface area contributed by atoms with Gasteiger partial charge in [0, 0.05) is 23.1 Å². The predicted molar refractivity (Wildman–Crippen MR) is 108 cm³/mol. The molecule has 1 heterocycles. The lowest BCUT2D eigenvalue weighted by Crippen LogP contribution is -2.17. The van der Waals surface area contributed by atoms with Crippen LogP contribution < -0.4 is 10.1 Å². The van der Waals surface area contributed by atoms with Crippen LogP contribution in [0.2, 0.25) is 5.02 Å². The average molecular weight is 371 g/mol. The van der Waals surface area contributed by atoms with Gasteiger partial charge in [-0.15, -0.1) is 0 Å². The molecule has 0 spiro atoms. The van der Waals surface area contributed by atoms with Gasteiger partial charge in [0.05, 0.1) is 12.1 Å². The fourth-order valence-electron chi connectivity index (χ4n) is 3.35. The number of nitrogens with one attached hydrogen (secondary N) is 1. The summed E-state index contributed by atoms with van der Waals surface area (Å²) < 4.78 is 7.22. The van der Waals surface area contributed by atoms with Crippen molar-refractivity contribution in [2.75, 3.05) is 12.4 Å². The van der Waals surface area contributed by atoms with E-state index in [1.165, 1.54) is 5.56 Å². The lowest BCUT2D eigenvalue weighted by Gasteiger charge is -2.11. The molecule has 1 N–H and O–H groups in total. The number of fused-ring (bicyclic) bond motifs is 1. The van der Waals surface area contributed by atoms with Crippen LogP contribution in [0.5, 0.6) is 5.75 Å². The first-order chi connectivity index (χ1) is 12.5. The molecule has 0 saturated heterocycles. The lowest BCUT2D eigenvalue weighted by molar-refractivity contribution is 0.101. The van der Waals surface area contributed by atoms with Gasteiger partial charge in [-0.2, -0.15) is 0 Å². The highest BCUT2D eigenvalue weighted by molar-refractivity contribution is 6.32. The van der Waals surface area contributed by atoms with Gasteiger partial charge in [-0.3, -0.25) is 4.79 Å². The molecule has 0 saturated carbocycles. The minimum Gasteiger partial charge on any atom is -0.495 e. The van der Waals surface area contributed by atoms with E-state index in [1.54, 1.807) is 25.3 Å². The predicted octanol–water partition coefficient (Wildman–Crippen LogP) is 5.45. The van der Waals surface area contributed by atoms with Crippen molar-refractivity contribution >= 4 is 34.1 Å². The molecule has 5 heteroatoms. The SMILES string of the molecule is CCc1ccc2c(c1)c(C)c(C(=O)Nc1ccc(OC)c(Cl)c1)n2CC. The molecule has 0 unspecified atom stereocenters. The number of ether oxygens (including phenoxy) is 1. The molecule has 3 aromatic rings.